The summed E-state index contributed by atoms with van der Waals surface area (Å²) in [4.78, 5) is 21.2. The molecule has 3 rings (SSSR count). The first kappa shape index (κ1) is 11.3. The fourth-order valence-electron chi connectivity index (χ4n) is 1.96. The van der Waals surface area contributed by atoms with Gasteiger partial charge in [-0.1, -0.05) is 17.8 Å². The average Bonchev–Trinajstić information content (AvgIpc) is 2.95. The van der Waals surface area contributed by atoms with E-state index in [0.717, 1.165) is 15.7 Å². The number of aliphatic hydroxyl groups is 1. The SMILES string of the molecule is CN1C(=O)C(O)c2ccc(Sc3ncc[nH]3)cc21. The van der Waals surface area contributed by atoms with Crippen LogP contribution < -0.4 is 4.90 Å². The molecule has 1 aromatic heterocycles. The number of carbonyl (C=O) groups is 1. The maximum absolute atomic E-state index is 11.6. The normalized spacial score (nSPS) is 18.2. The number of hydrogen-bond donors (Lipinski definition) is 2. The van der Waals surface area contributed by atoms with E-state index in [1.807, 2.05) is 12.1 Å². The second-order valence-corrected chi connectivity index (χ2v) is 5.08. The molecule has 1 unspecified atom stereocenters. The molecule has 2 aromatic rings. The van der Waals surface area contributed by atoms with Crippen LogP contribution in [0.1, 0.15) is 11.7 Å². The lowest BCUT2D eigenvalue weighted by Crippen LogP contribution is -2.23. The molecule has 1 amide bonds. The smallest absolute Gasteiger partial charge is 0.260 e. The number of H-pyrrole nitrogens is 1. The summed E-state index contributed by atoms with van der Waals surface area (Å²) >= 11 is 1.48. The van der Waals surface area contributed by atoms with E-state index in [4.69, 9.17) is 0 Å². The predicted octanol–water partition coefficient (Wildman–Crippen LogP) is 1.57. The molecule has 0 bridgehead atoms. The van der Waals surface area contributed by atoms with E-state index < -0.39 is 6.10 Å². The zero-order valence-electron chi connectivity index (χ0n) is 9.62. The molecular weight excluding hydrogens is 250 g/mol. The van der Waals surface area contributed by atoms with E-state index in [9.17, 15) is 9.90 Å². The summed E-state index contributed by atoms with van der Waals surface area (Å²) in [6.45, 7) is 0. The van der Waals surface area contributed by atoms with Crippen molar-refractivity contribution in [1.82, 2.24) is 9.97 Å². The van der Waals surface area contributed by atoms with Gasteiger partial charge < -0.3 is 15.0 Å². The Morgan fingerprint density at radius 2 is 2.33 bits per heavy atom. The van der Waals surface area contributed by atoms with E-state index in [1.54, 1.807) is 25.5 Å². The summed E-state index contributed by atoms with van der Waals surface area (Å²) in [6.07, 6.45) is 2.41. The van der Waals surface area contributed by atoms with Gasteiger partial charge in [0.2, 0.25) is 0 Å². The Morgan fingerprint density at radius 1 is 1.50 bits per heavy atom. The van der Waals surface area contributed by atoms with Crippen LogP contribution in [0.5, 0.6) is 0 Å². The van der Waals surface area contributed by atoms with Crippen LogP contribution in [0.2, 0.25) is 0 Å². The third kappa shape index (κ3) is 1.70. The van der Waals surface area contributed by atoms with E-state index in [2.05, 4.69) is 9.97 Å². The van der Waals surface area contributed by atoms with Gasteiger partial charge in [-0.05, 0) is 12.1 Å². The molecule has 18 heavy (non-hydrogen) atoms. The van der Waals surface area contributed by atoms with E-state index in [-0.39, 0.29) is 5.91 Å². The number of likely N-dealkylation sites (N-methyl/N-ethyl adjacent to an activating group) is 1. The first-order valence-corrected chi connectivity index (χ1v) is 6.25. The van der Waals surface area contributed by atoms with Crippen molar-refractivity contribution in [2.24, 2.45) is 0 Å². The fourth-order valence-corrected chi connectivity index (χ4v) is 2.73. The summed E-state index contributed by atoms with van der Waals surface area (Å²) in [6, 6.07) is 5.55. The molecule has 0 radical (unpaired) electrons. The molecule has 1 atom stereocenters. The topological polar surface area (TPSA) is 69.2 Å². The summed E-state index contributed by atoms with van der Waals surface area (Å²) in [7, 11) is 1.67. The van der Waals surface area contributed by atoms with Crippen molar-refractivity contribution in [1.29, 1.82) is 0 Å². The van der Waals surface area contributed by atoms with Crippen molar-refractivity contribution in [2.75, 3.05) is 11.9 Å². The molecule has 0 spiro atoms. The van der Waals surface area contributed by atoms with Crippen molar-refractivity contribution in [3.8, 4) is 0 Å². The number of hydrogen-bond acceptors (Lipinski definition) is 4. The Balaban J connectivity index is 1.95. The van der Waals surface area contributed by atoms with Crippen LogP contribution in [0.25, 0.3) is 0 Å². The van der Waals surface area contributed by atoms with Crippen molar-refractivity contribution >= 4 is 23.4 Å². The largest absolute Gasteiger partial charge is 0.378 e. The lowest BCUT2D eigenvalue weighted by molar-refractivity contribution is -0.125. The Hall–Kier alpha value is -1.79. The number of imidazole rings is 1. The van der Waals surface area contributed by atoms with Gasteiger partial charge in [0.25, 0.3) is 5.91 Å². The lowest BCUT2D eigenvalue weighted by atomic mass is 10.1. The highest BCUT2D eigenvalue weighted by molar-refractivity contribution is 7.99. The second kappa shape index (κ2) is 4.15. The van der Waals surface area contributed by atoms with E-state index in [1.165, 1.54) is 16.7 Å². The van der Waals surface area contributed by atoms with Crippen molar-refractivity contribution in [3.63, 3.8) is 0 Å². The third-order valence-electron chi connectivity index (χ3n) is 2.91. The Kier molecular flexibility index (Phi) is 2.61. The van der Waals surface area contributed by atoms with Gasteiger partial charge in [-0.2, -0.15) is 0 Å². The van der Waals surface area contributed by atoms with E-state index in [0.29, 0.717) is 5.56 Å². The van der Waals surface area contributed by atoms with Crippen LogP contribution in [-0.2, 0) is 4.79 Å². The van der Waals surface area contributed by atoms with Gasteiger partial charge in [-0.3, -0.25) is 4.79 Å². The highest BCUT2D eigenvalue weighted by Gasteiger charge is 2.33. The molecule has 1 aliphatic rings. The van der Waals surface area contributed by atoms with Gasteiger partial charge in [0.05, 0.1) is 5.69 Å². The van der Waals surface area contributed by atoms with Crippen LogP contribution in [0.15, 0.2) is 40.6 Å². The number of carbonyl (C=O) groups excluding carboxylic acids is 1. The maximum atomic E-state index is 11.6. The molecule has 0 saturated carbocycles. The Morgan fingerprint density at radius 3 is 3.06 bits per heavy atom. The van der Waals surface area contributed by atoms with Crippen LogP contribution in [0.3, 0.4) is 0 Å². The molecule has 5 nitrogen and oxygen atoms in total. The summed E-state index contributed by atoms with van der Waals surface area (Å²) in [5.41, 5.74) is 1.41. The maximum Gasteiger partial charge on any atom is 0.260 e. The van der Waals surface area contributed by atoms with Gasteiger partial charge in [0.15, 0.2) is 11.3 Å². The number of aliphatic hydroxyl groups excluding tert-OH is 1. The van der Waals surface area contributed by atoms with Gasteiger partial charge >= 0.3 is 0 Å². The first-order valence-electron chi connectivity index (χ1n) is 5.43. The second-order valence-electron chi connectivity index (χ2n) is 4.02. The van der Waals surface area contributed by atoms with Crippen LogP contribution in [0.4, 0.5) is 5.69 Å². The Labute approximate surface area is 108 Å². The molecule has 0 saturated heterocycles. The van der Waals surface area contributed by atoms with Crippen molar-refractivity contribution in [3.05, 3.63) is 36.2 Å². The highest BCUT2D eigenvalue weighted by Crippen LogP contribution is 2.38. The molecule has 1 aromatic carbocycles. The number of nitrogens with zero attached hydrogens (tertiary/aromatic N) is 2. The zero-order valence-corrected chi connectivity index (χ0v) is 10.4. The van der Waals surface area contributed by atoms with Crippen LogP contribution >= 0.6 is 11.8 Å². The molecule has 6 heteroatoms. The number of benzene rings is 1. The fraction of sp³-hybridized carbons (Fsp3) is 0.167. The number of nitrogens with one attached hydrogen (secondary N) is 1. The predicted molar refractivity (Wildman–Crippen MR) is 67.5 cm³/mol. The minimum absolute atomic E-state index is 0.287. The molecule has 0 fully saturated rings. The minimum atomic E-state index is -1.03. The van der Waals surface area contributed by atoms with Crippen LogP contribution in [0, 0.1) is 0 Å². The average molecular weight is 261 g/mol. The standard InChI is InChI=1S/C12H11N3O2S/c1-15-9-6-7(18-12-13-4-5-14-12)2-3-8(9)10(16)11(15)17/h2-6,10,16H,1H3,(H,13,14). The van der Waals surface area contributed by atoms with Gasteiger partial charge in [-0.25, -0.2) is 4.98 Å². The quantitative estimate of drug-likeness (QED) is 0.861. The first-order chi connectivity index (χ1) is 8.66. The lowest BCUT2D eigenvalue weighted by Gasteiger charge is -2.10. The monoisotopic (exact) mass is 261 g/mol. The Bertz CT molecular complexity index is 597. The summed E-state index contributed by atoms with van der Waals surface area (Å²) in [5, 5.41) is 10.5. The van der Waals surface area contributed by atoms with Crippen molar-refractivity contribution in [2.45, 2.75) is 16.2 Å². The number of fused-ring (bicyclic) bond motifs is 1. The minimum Gasteiger partial charge on any atom is -0.378 e. The molecule has 92 valence electrons. The number of rotatable bonds is 2. The molecule has 2 N–H and O–H groups in total. The van der Waals surface area contributed by atoms with Gasteiger partial charge in [0, 0.05) is 29.9 Å². The number of anilines is 1. The number of aromatic amines is 1. The van der Waals surface area contributed by atoms with Gasteiger partial charge in [0.1, 0.15) is 0 Å². The third-order valence-corrected chi connectivity index (χ3v) is 3.82. The number of amides is 1. The highest BCUT2D eigenvalue weighted by atomic mass is 32.2. The molecule has 1 aliphatic heterocycles. The number of aromatic nitrogens is 2. The van der Waals surface area contributed by atoms with Crippen molar-refractivity contribution < 1.29 is 9.90 Å². The molecular formula is C12H11N3O2S. The molecule has 0 aliphatic carbocycles. The van der Waals surface area contributed by atoms with E-state index >= 15 is 0 Å². The summed E-state index contributed by atoms with van der Waals surface area (Å²) in [5.74, 6) is -0.287. The zero-order chi connectivity index (χ0) is 12.7. The van der Waals surface area contributed by atoms with Gasteiger partial charge in [-0.15, -0.1) is 0 Å². The summed E-state index contributed by atoms with van der Waals surface area (Å²) < 4.78 is 0. The molecule has 2 heterocycles. The van der Waals surface area contributed by atoms with Crippen LogP contribution in [-0.4, -0.2) is 28.0 Å².